The van der Waals surface area contributed by atoms with Crippen molar-refractivity contribution in [2.75, 3.05) is 12.4 Å². The highest BCUT2D eigenvalue weighted by molar-refractivity contribution is 6.12. The average Bonchev–Trinajstić information content (AvgIpc) is 2.99. The predicted octanol–water partition coefficient (Wildman–Crippen LogP) is 5.57. The molecule has 0 bridgehead atoms. The number of hydrogen-bond donors (Lipinski definition) is 2. The molecule has 5 aromatic rings. The van der Waals surface area contributed by atoms with Crippen LogP contribution in [0.4, 0.5) is 5.69 Å². The van der Waals surface area contributed by atoms with E-state index in [0.717, 1.165) is 0 Å². The lowest BCUT2D eigenvalue weighted by molar-refractivity contribution is 0.0280. The second kappa shape index (κ2) is 11.5. The standard InChI is InChI=1S/C32H24N2O6/c1-39-24-16-14-20(15-17-24)29(36)30(21-8-3-2-4-9-21)40-32(38)22-10-7-11-23(18-22)33-31(37)26-19-28(35)34-27-13-6-5-12-25(26)27/h2-19,30H,1H3,(H,33,37)(H,34,35)/t30-/m1/s1. The van der Waals surface area contributed by atoms with Crippen LogP contribution < -0.4 is 15.6 Å². The number of ketones is 1. The molecule has 0 saturated carbocycles. The SMILES string of the molecule is COc1ccc(C(=O)[C@H](OC(=O)c2cccc(NC(=O)c3cc(=O)[nH]c4ccccc34)c2)c2ccccc2)cc1. The first-order chi connectivity index (χ1) is 19.4. The molecular weight excluding hydrogens is 508 g/mol. The maximum Gasteiger partial charge on any atom is 0.339 e. The van der Waals surface area contributed by atoms with Crippen LogP contribution in [0.2, 0.25) is 0 Å². The van der Waals surface area contributed by atoms with Gasteiger partial charge in [-0.2, -0.15) is 0 Å². The minimum Gasteiger partial charge on any atom is -0.497 e. The summed E-state index contributed by atoms with van der Waals surface area (Å²) in [5.74, 6) is -1.05. The van der Waals surface area contributed by atoms with E-state index >= 15 is 0 Å². The minimum absolute atomic E-state index is 0.136. The molecular formula is C32H24N2O6. The first-order valence-electron chi connectivity index (χ1n) is 12.4. The van der Waals surface area contributed by atoms with Crippen molar-refractivity contribution in [2.45, 2.75) is 6.10 Å². The van der Waals surface area contributed by atoms with Crippen molar-refractivity contribution >= 4 is 34.3 Å². The van der Waals surface area contributed by atoms with Crippen LogP contribution >= 0.6 is 0 Å². The maximum atomic E-state index is 13.4. The van der Waals surface area contributed by atoms with Crippen molar-refractivity contribution in [3.05, 3.63) is 142 Å². The summed E-state index contributed by atoms with van der Waals surface area (Å²) in [5.41, 5.74) is 1.65. The number of carbonyl (C=O) groups excluding carboxylic acids is 3. The molecule has 1 heterocycles. The fourth-order valence-electron chi connectivity index (χ4n) is 4.30. The van der Waals surface area contributed by atoms with E-state index in [1.807, 2.05) is 0 Å². The number of ether oxygens (including phenoxy) is 2. The number of methoxy groups -OCH3 is 1. The van der Waals surface area contributed by atoms with Crippen LogP contribution in [0.1, 0.15) is 42.7 Å². The van der Waals surface area contributed by atoms with E-state index < -0.39 is 29.3 Å². The number of esters is 1. The molecule has 1 amide bonds. The van der Waals surface area contributed by atoms with Gasteiger partial charge in [-0.1, -0.05) is 54.6 Å². The number of benzene rings is 4. The number of aromatic amines is 1. The van der Waals surface area contributed by atoms with E-state index in [2.05, 4.69) is 10.3 Å². The zero-order chi connectivity index (χ0) is 28.1. The van der Waals surface area contributed by atoms with Gasteiger partial charge in [0.2, 0.25) is 11.3 Å². The number of hydrogen-bond acceptors (Lipinski definition) is 6. The highest BCUT2D eigenvalue weighted by atomic mass is 16.5. The molecule has 1 atom stereocenters. The van der Waals surface area contributed by atoms with Gasteiger partial charge < -0.3 is 19.8 Å². The molecule has 2 N–H and O–H groups in total. The summed E-state index contributed by atoms with van der Waals surface area (Å²) in [5, 5.41) is 3.32. The molecule has 0 saturated heterocycles. The number of amides is 1. The van der Waals surface area contributed by atoms with Crippen LogP contribution in [0.3, 0.4) is 0 Å². The predicted molar refractivity (Wildman–Crippen MR) is 151 cm³/mol. The van der Waals surface area contributed by atoms with Gasteiger partial charge in [-0.15, -0.1) is 0 Å². The normalized spacial score (nSPS) is 11.4. The van der Waals surface area contributed by atoms with Gasteiger partial charge in [0, 0.05) is 33.8 Å². The number of nitrogens with one attached hydrogen (secondary N) is 2. The van der Waals surface area contributed by atoms with E-state index in [1.165, 1.54) is 25.3 Å². The molecule has 8 heteroatoms. The fraction of sp³-hybridized carbons (Fsp3) is 0.0625. The van der Waals surface area contributed by atoms with E-state index in [4.69, 9.17) is 9.47 Å². The van der Waals surface area contributed by atoms with Crippen molar-refractivity contribution in [1.29, 1.82) is 0 Å². The van der Waals surface area contributed by atoms with Gasteiger partial charge >= 0.3 is 5.97 Å². The Hall–Kier alpha value is -5.50. The summed E-state index contributed by atoms with van der Waals surface area (Å²) in [6.45, 7) is 0. The van der Waals surface area contributed by atoms with Crippen molar-refractivity contribution in [3.63, 3.8) is 0 Å². The highest BCUT2D eigenvalue weighted by Gasteiger charge is 2.27. The van der Waals surface area contributed by atoms with Gasteiger partial charge in [-0.25, -0.2) is 4.79 Å². The zero-order valence-corrected chi connectivity index (χ0v) is 21.4. The van der Waals surface area contributed by atoms with Crippen LogP contribution in [0.15, 0.2) is 114 Å². The number of para-hydroxylation sites is 1. The minimum atomic E-state index is -1.19. The third kappa shape index (κ3) is 5.66. The summed E-state index contributed by atoms with van der Waals surface area (Å²) >= 11 is 0. The Morgan fingerprint density at radius 2 is 1.50 bits per heavy atom. The number of Topliss-reactive ketones (excluding diaryl/α,β-unsaturated/α-hetero) is 1. The maximum absolute atomic E-state index is 13.4. The van der Waals surface area contributed by atoms with Crippen LogP contribution in [-0.2, 0) is 4.74 Å². The number of aromatic nitrogens is 1. The second-order valence-electron chi connectivity index (χ2n) is 8.92. The molecule has 1 aromatic heterocycles. The van der Waals surface area contributed by atoms with Crippen LogP contribution in [0.5, 0.6) is 5.75 Å². The molecule has 0 fully saturated rings. The molecule has 8 nitrogen and oxygen atoms in total. The Labute approximate surface area is 229 Å². The summed E-state index contributed by atoms with van der Waals surface area (Å²) in [6.07, 6.45) is -1.19. The van der Waals surface area contributed by atoms with Crippen molar-refractivity contribution in [3.8, 4) is 5.75 Å². The molecule has 0 unspecified atom stereocenters. The van der Waals surface area contributed by atoms with E-state index in [-0.39, 0.29) is 11.1 Å². The Bertz CT molecular complexity index is 1760. The molecule has 0 spiro atoms. The number of H-pyrrole nitrogens is 1. The number of pyridine rings is 1. The van der Waals surface area contributed by atoms with Crippen molar-refractivity contribution in [1.82, 2.24) is 4.98 Å². The Morgan fingerprint density at radius 3 is 2.25 bits per heavy atom. The molecule has 4 aromatic carbocycles. The largest absolute Gasteiger partial charge is 0.497 e. The zero-order valence-electron chi connectivity index (χ0n) is 21.4. The number of rotatable bonds is 8. The van der Waals surface area contributed by atoms with E-state index in [9.17, 15) is 19.2 Å². The average molecular weight is 533 g/mol. The van der Waals surface area contributed by atoms with Gasteiger partial charge in [0.05, 0.1) is 18.2 Å². The van der Waals surface area contributed by atoms with Gasteiger partial charge in [-0.05, 0) is 48.5 Å². The molecule has 198 valence electrons. The second-order valence-corrected chi connectivity index (χ2v) is 8.92. The van der Waals surface area contributed by atoms with E-state index in [1.54, 1.807) is 91.0 Å². The first-order valence-corrected chi connectivity index (χ1v) is 12.4. The summed E-state index contributed by atoms with van der Waals surface area (Å²) in [6, 6.07) is 29.7. The van der Waals surface area contributed by atoms with Gasteiger partial charge in [0.15, 0.2) is 6.10 Å². The quantitative estimate of drug-likeness (QED) is 0.199. The lowest BCUT2D eigenvalue weighted by atomic mass is 9.99. The Balaban J connectivity index is 1.39. The summed E-state index contributed by atoms with van der Waals surface area (Å²) < 4.78 is 10.9. The topological polar surface area (TPSA) is 115 Å². The van der Waals surface area contributed by atoms with Gasteiger partial charge in [0.25, 0.3) is 5.91 Å². The third-order valence-corrected chi connectivity index (χ3v) is 6.29. The van der Waals surface area contributed by atoms with Crippen LogP contribution in [0.25, 0.3) is 10.9 Å². The van der Waals surface area contributed by atoms with Gasteiger partial charge in [0.1, 0.15) is 5.75 Å². The van der Waals surface area contributed by atoms with Crippen LogP contribution in [-0.4, -0.2) is 29.8 Å². The highest BCUT2D eigenvalue weighted by Crippen LogP contribution is 2.26. The lowest BCUT2D eigenvalue weighted by Gasteiger charge is -2.18. The smallest absolute Gasteiger partial charge is 0.339 e. The summed E-state index contributed by atoms with van der Waals surface area (Å²) in [4.78, 5) is 54.5. The van der Waals surface area contributed by atoms with Crippen molar-refractivity contribution in [2.24, 2.45) is 0 Å². The molecule has 0 aliphatic heterocycles. The third-order valence-electron chi connectivity index (χ3n) is 6.29. The molecule has 5 rings (SSSR count). The molecule has 0 aliphatic rings. The molecule has 0 radical (unpaired) electrons. The molecule has 0 aliphatic carbocycles. The number of fused-ring (bicyclic) bond motifs is 1. The monoisotopic (exact) mass is 532 g/mol. The number of carbonyl (C=O) groups is 3. The van der Waals surface area contributed by atoms with Gasteiger partial charge in [-0.3, -0.25) is 14.4 Å². The number of anilines is 1. The first kappa shape index (κ1) is 26.1. The Morgan fingerprint density at radius 1 is 0.775 bits per heavy atom. The lowest BCUT2D eigenvalue weighted by Crippen LogP contribution is -2.21. The summed E-state index contributed by atoms with van der Waals surface area (Å²) in [7, 11) is 1.53. The van der Waals surface area contributed by atoms with E-state index in [0.29, 0.717) is 33.5 Å². The Kier molecular flexibility index (Phi) is 7.50. The molecule has 40 heavy (non-hydrogen) atoms. The van der Waals surface area contributed by atoms with Crippen LogP contribution in [0, 0.1) is 0 Å². The van der Waals surface area contributed by atoms with Crippen molar-refractivity contribution < 1.29 is 23.9 Å². The fourth-order valence-corrected chi connectivity index (χ4v) is 4.30.